The number of piperazine rings is 1. The molecule has 4 heterocycles. The fraction of sp³-hybridized carbons (Fsp3) is 0.400. The van der Waals surface area contributed by atoms with Gasteiger partial charge in [-0.15, -0.1) is 0 Å². The van der Waals surface area contributed by atoms with Crippen molar-refractivity contribution in [3.05, 3.63) is 64.3 Å². The molecule has 0 radical (unpaired) electrons. The average Bonchev–Trinajstić information content (AvgIpc) is 3.52. The molecule has 1 aliphatic carbocycles. The van der Waals surface area contributed by atoms with E-state index in [1.165, 1.54) is 12.0 Å². The average molecular weight is 490 g/mol. The second kappa shape index (κ2) is 9.33. The number of benzene rings is 1. The summed E-state index contributed by atoms with van der Waals surface area (Å²) in [6.45, 7) is 3.49. The molecule has 0 spiro atoms. The molecule has 0 bridgehead atoms. The minimum atomic E-state index is -0.187. The van der Waals surface area contributed by atoms with Crippen LogP contribution in [0.3, 0.4) is 0 Å². The molecule has 1 saturated heterocycles. The second-order valence-electron chi connectivity index (χ2n) is 9.14. The van der Waals surface area contributed by atoms with E-state index < -0.39 is 0 Å². The molecule has 0 saturated carbocycles. The molecule has 1 amide bonds. The Balaban J connectivity index is 1.09. The number of hydrogen-bond acceptors (Lipinski definition) is 8. The van der Waals surface area contributed by atoms with Gasteiger partial charge in [-0.2, -0.15) is 0 Å². The molecular formula is C25H27N7O2S. The molecule has 1 aromatic carbocycles. The van der Waals surface area contributed by atoms with E-state index in [1.807, 2.05) is 12.1 Å². The number of anilines is 3. The summed E-state index contributed by atoms with van der Waals surface area (Å²) in [5.74, 6) is 1.81. The predicted octanol–water partition coefficient (Wildman–Crippen LogP) is 2.52. The van der Waals surface area contributed by atoms with Crippen molar-refractivity contribution < 1.29 is 4.79 Å². The maximum atomic E-state index is 13.0. The third-order valence-corrected chi connectivity index (χ3v) is 8.04. The van der Waals surface area contributed by atoms with Crippen molar-refractivity contribution in [2.45, 2.75) is 36.9 Å². The van der Waals surface area contributed by atoms with Crippen LogP contribution in [0.4, 0.5) is 17.3 Å². The number of nitrogens with zero attached hydrogens (tertiary/aromatic N) is 6. The van der Waals surface area contributed by atoms with E-state index in [1.54, 1.807) is 16.3 Å². The Morgan fingerprint density at radius 2 is 1.86 bits per heavy atom. The molecule has 3 aromatic rings. The largest absolute Gasteiger partial charge is 0.368 e. The molecule has 1 N–H and O–H groups in total. The highest BCUT2D eigenvalue weighted by Crippen LogP contribution is 2.34. The van der Waals surface area contributed by atoms with Gasteiger partial charge in [-0.25, -0.2) is 15.0 Å². The van der Waals surface area contributed by atoms with Crippen molar-refractivity contribution in [3.8, 4) is 0 Å². The van der Waals surface area contributed by atoms with Crippen LogP contribution in [0.2, 0.25) is 0 Å². The molecule has 1 unspecified atom stereocenters. The van der Waals surface area contributed by atoms with E-state index in [9.17, 15) is 9.59 Å². The van der Waals surface area contributed by atoms with Gasteiger partial charge in [0.1, 0.15) is 18.0 Å². The molecule has 2 aliphatic heterocycles. The Kier molecular flexibility index (Phi) is 5.89. The summed E-state index contributed by atoms with van der Waals surface area (Å²) in [5.41, 5.74) is 3.03. The number of aryl methyl sites for hydroxylation is 1. The summed E-state index contributed by atoms with van der Waals surface area (Å²) < 4.78 is 1.73. The maximum absolute atomic E-state index is 13.0. The zero-order chi connectivity index (χ0) is 23.8. The maximum Gasteiger partial charge on any atom is 0.257 e. The first kappa shape index (κ1) is 22.1. The molecule has 180 valence electrons. The second-order valence-corrected chi connectivity index (χ2v) is 10.1. The highest BCUT2D eigenvalue weighted by Gasteiger charge is 2.31. The first-order valence-electron chi connectivity index (χ1n) is 12.1. The normalized spacial score (nSPS) is 18.9. The number of rotatable bonds is 5. The number of carbonyl (C=O) groups excluding carboxylic acids is 1. The van der Waals surface area contributed by atoms with Gasteiger partial charge in [0.05, 0.1) is 11.7 Å². The summed E-state index contributed by atoms with van der Waals surface area (Å²) in [4.78, 5) is 43.8. The molecule has 6 rings (SSSR count). The number of hydrogen-bond donors (Lipinski definition) is 1. The van der Waals surface area contributed by atoms with Crippen molar-refractivity contribution in [2.75, 3.05) is 47.0 Å². The Labute approximate surface area is 207 Å². The van der Waals surface area contributed by atoms with Crippen LogP contribution in [0.25, 0.3) is 0 Å². The van der Waals surface area contributed by atoms with E-state index >= 15 is 0 Å². The summed E-state index contributed by atoms with van der Waals surface area (Å²) in [6.07, 6.45) is 4.35. The number of nitrogens with one attached hydrogen (secondary N) is 1. The van der Waals surface area contributed by atoms with Gasteiger partial charge in [-0.05, 0) is 31.4 Å². The van der Waals surface area contributed by atoms with E-state index in [0.29, 0.717) is 11.6 Å². The molecule has 1 atom stereocenters. The van der Waals surface area contributed by atoms with E-state index in [-0.39, 0.29) is 23.9 Å². The highest BCUT2D eigenvalue weighted by molar-refractivity contribution is 7.99. The monoisotopic (exact) mass is 489 g/mol. The van der Waals surface area contributed by atoms with E-state index in [2.05, 4.69) is 54.3 Å². The standard InChI is InChI=1S/C25H27N7O2S/c33-23(13-18-15-35-25-28-20-8-4-7-19(20)24(34)32(18)25)29-21-14-22(27-16-26-21)31-11-9-30(10-12-31)17-5-2-1-3-6-17/h1-3,5-6,14,16,18H,4,7-13,15H2,(H,26,27,29,33). The van der Waals surface area contributed by atoms with Gasteiger partial charge in [0.25, 0.3) is 5.56 Å². The van der Waals surface area contributed by atoms with Crippen molar-refractivity contribution in [3.63, 3.8) is 0 Å². The van der Waals surface area contributed by atoms with Crippen LogP contribution in [0, 0.1) is 0 Å². The molecule has 2 aromatic heterocycles. The smallest absolute Gasteiger partial charge is 0.257 e. The van der Waals surface area contributed by atoms with Crippen LogP contribution in [0.1, 0.15) is 30.1 Å². The zero-order valence-electron chi connectivity index (χ0n) is 19.4. The van der Waals surface area contributed by atoms with Gasteiger partial charge in [-0.3, -0.25) is 14.2 Å². The fourth-order valence-electron chi connectivity index (χ4n) is 5.13. The van der Waals surface area contributed by atoms with Crippen molar-refractivity contribution in [1.82, 2.24) is 19.5 Å². The van der Waals surface area contributed by atoms with E-state index in [4.69, 9.17) is 0 Å². The molecule has 9 nitrogen and oxygen atoms in total. The molecule has 35 heavy (non-hydrogen) atoms. The van der Waals surface area contributed by atoms with Gasteiger partial charge < -0.3 is 15.1 Å². The highest BCUT2D eigenvalue weighted by atomic mass is 32.2. The van der Waals surface area contributed by atoms with Crippen LogP contribution in [-0.2, 0) is 17.6 Å². The lowest BCUT2D eigenvalue weighted by Gasteiger charge is -2.36. The summed E-state index contributed by atoms with van der Waals surface area (Å²) in [6, 6.07) is 12.1. The van der Waals surface area contributed by atoms with E-state index in [0.717, 1.165) is 67.7 Å². The number of thioether (sulfide) groups is 1. The Morgan fingerprint density at radius 3 is 2.69 bits per heavy atom. The van der Waals surface area contributed by atoms with Gasteiger partial charge in [0.2, 0.25) is 5.91 Å². The van der Waals surface area contributed by atoms with Gasteiger partial charge in [0, 0.05) is 55.7 Å². The Morgan fingerprint density at radius 1 is 1.06 bits per heavy atom. The number of aromatic nitrogens is 4. The summed E-state index contributed by atoms with van der Waals surface area (Å²) in [5, 5.41) is 3.66. The summed E-state index contributed by atoms with van der Waals surface area (Å²) >= 11 is 1.56. The minimum absolute atomic E-state index is 0.0317. The van der Waals surface area contributed by atoms with Crippen LogP contribution in [0.5, 0.6) is 0 Å². The van der Waals surface area contributed by atoms with Crippen LogP contribution < -0.4 is 20.7 Å². The number of para-hydroxylation sites is 1. The van der Waals surface area contributed by atoms with Crippen LogP contribution in [0.15, 0.2) is 52.7 Å². The zero-order valence-corrected chi connectivity index (χ0v) is 20.2. The topological polar surface area (TPSA) is 96.2 Å². The van der Waals surface area contributed by atoms with Gasteiger partial charge in [-0.1, -0.05) is 30.0 Å². The first-order valence-corrected chi connectivity index (χ1v) is 13.1. The van der Waals surface area contributed by atoms with Crippen molar-refractivity contribution >= 4 is 35.0 Å². The van der Waals surface area contributed by atoms with Gasteiger partial charge >= 0.3 is 0 Å². The Bertz CT molecular complexity index is 1300. The third-order valence-electron chi connectivity index (χ3n) is 6.94. The number of amides is 1. The van der Waals surface area contributed by atoms with Crippen molar-refractivity contribution in [1.29, 1.82) is 0 Å². The first-order chi connectivity index (χ1) is 17.2. The SMILES string of the molecule is O=C(CC1CSc2nc3c(c(=O)n21)CCC3)Nc1cc(N2CCN(c3ccccc3)CC2)ncn1. The number of fused-ring (bicyclic) bond motifs is 2. The Hall–Kier alpha value is -3.40. The third kappa shape index (κ3) is 4.38. The fourth-order valence-corrected chi connectivity index (χ4v) is 6.29. The molecule has 1 fully saturated rings. The quantitative estimate of drug-likeness (QED) is 0.547. The molecule has 3 aliphatic rings. The lowest BCUT2D eigenvalue weighted by atomic mass is 10.2. The van der Waals surface area contributed by atoms with Gasteiger partial charge in [0.15, 0.2) is 5.16 Å². The summed E-state index contributed by atoms with van der Waals surface area (Å²) in [7, 11) is 0. The predicted molar refractivity (Wildman–Crippen MR) is 136 cm³/mol. The number of carbonyl (C=O) groups is 1. The molecular weight excluding hydrogens is 462 g/mol. The van der Waals surface area contributed by atoms with Crippen LogP contribution in [-0.4, -0.2) is 57.4 Å². The van der Waals surface area contributed by atoms with Crippen LogP contribution >= 0.6 is 11.8 Å². The van der Waals surface area contributed by atoms with Crippen molar-refractivity contribution in [2.24, 2.45) is 0 Å². The lowest BCUT2D eigenvalue weighted by molar-refractivity contribution is -0.116. The molecule has 10 heteroatoms. The minimum Gasteiger partial charge on any atom is -0.368 e. The lowest BCUT2D eigenvalue weighted by Crippen LogP contribution is -2.46.